The number of thiophene rings is 1. The van der Waals surface area contributed by atoms with Crippen LogP contribution in [0.4, 0.5) is 0 Å². The SMILES string of the molecule is CC(C)(C)c1ccc(CN2CC(N3CCNCC3)C2)s1. The van der Waals surface area contributed by atoms with Gasteiger partial charge in [-0.25, -0.2) is 0 Å². The van der Waals surface area contributed by atoms with E-state index < -0.39 is 0 Å². The van der Waals surface area contributed by atoms with Gasteiger partial charge in [0.1, 0.15) is 0 Å². The average molecular weight is 293 g/mol. The first-order valence-electron chi connectivity index (χ1n) is 7.79. The fourth-order valence-electron chi connectivity index (χ4n) is 3.04. The van der Waals surface area contributed by atoms with E-state index in [4.69, 9.17) is 0 Å². The van der Waals surface area contributed by atoms with Crippen molar-refractivity contribution < 1.29 is 0 Å². The Kier molecular flexibility index (Phi) is 4.18. The monoisotopic (exact) mass is 293 g/mol. The molecular weight excluding hydrogens is 266 g/mol. The van der Waals surface area contributed by atoms with E-state index in [1.54, 1.807) is 0 Å². The standard InChI is InChI=1S/C16H27N3S/c1-16(2,3)15-5-4-14(20-15)12-18-10-13(11-18)19-8-6-17-7-9-19/h4-5,13,17H,6-12H2,1-3H3. The first-order valence-corrected chi connectivity index (χ1v) is 8.60. The Morgan fingerprint density at radius 3 is 2.50 bits per heavy atom. The fourth-order valence-corrected chi connectivity index (χ4v) is 4.14. The molecule has 2 aliphatic rings. The molecule has 0 atom stereocenters. The van der Waals surface area contributed by atoms with Crippen molar-refractivity contribution in [1.29, 1.82) is 0 Å². The van der Waals surface area contributed by atoms with Gasteiger partial charge in [0, 0.05) is 61.6 Å². The molecule has 0 aromatic carbocycles. The van der Waals surface area contributed by atoms with Gasteiger partial charge in [0.25, 0.3) is 0 Å². The predicted molar refractivity (Wildman–Crippen MR) is 86.5 cm³/mol. The molecule has 1 aromatic rings. The second-order valence-corrected chi connectivity index (χ2v) is 8.32. The van der Waals surface area contributed by atoms with E-state index in [1.807, 2.05) is 11.3 Å². The van der Waals surface area contributed by atoms with Crippen molar-refractivity contribution in [2.75, 3.05) is 39.3 Å². The third kappa shape index (κ3) is 3.25. The van der Waals surface area contributed by atoms with Crippen molar-refractivity contribution in [3.8, 4) is 0 Å². The zero-order valence-electron chi connectivity index (χ0n) is 13.0. The maximum Gasteiger partial charge on any atom is 0.0351 e. The third-order valence-corrected chi connectivity index (χ3v) is 5.88. The lowest BCUT2D eigenvalue weighted by atomic mass is 9.95. The average Bonchev–Trinajstić information content (AvgIpc) is 2.83. The van der Waals surface area contributed by atoms with E-state index in [1.165, 1.54) is 35.9 Å². The highest BCUT2D eigenvalue weighted by molar-refractivity contribution is 7.12. The van der Waals surface area contributed by atoms with E-state index in [-0.39, 0.29) is 0 Å². The molecule has 2 saturated heterocycles. The predicted octanol–water partition coefficient (Wildman–Crippen LogP) is 2.13. The lowest BCUT2D eigenvalue weighted by molar-refractivity contribution is 0.0229. The van der Waals surface area contributed by atoms with Crippen LogP contribution in [0.15, 0.2) is 12.1 Å². The molecule has 20 heavy (non-hydrogen) atoms. The van der Waals surface area contributed by atoms with Crippen LogP contribution in [-0.4, -0.2) is 55.1 Å². The molecule has 1 aromatic heterocycles. The van der Waals surface area contributed by atoms with Crippen LogP contribution in [0.1, 0.15) is 30.5 Å². The summed E-state index contributed by atoms with van der Waals surface area (Å²) in [5.41, 5.74) is 0.293. The Morgan fingerprint density at radius 1 is 1.20 bits per heavy atom. The second kappa shape index (κ2) is 5.76. The molecule has 0 bridgehead atoms. The maximum absolute atomic E-state index is 3.43. The van der Waals surface area contributed by atoms with Gasteiger partial charge in [-0.15, -0.1) is 11.3 Å². The molecular formula is C16H27N3S. The van der Waals surface area contributed by atoms with Gasteiger partial charge in [0.2, 0.25) is 0 Å². The van der Waals surface area contributed by atoms with Crippen molar-refractivity contribution in [2.24, 2.45) is 0 Å². The van der Waals surface area contributed by atoms with E-state index in [2.05, 4.69) is 48.0 Å². The Morgan fingerprint density at radius 2 is 1.90 bits per heavy atom. The van der Waals surface area contributed by atoms with Gasteiger partial charge in [0.15, 0.2) is 0 Å². The highest BCUT2D eigenvalue weighted by Crippen LogP contribution is 2.31. The Hall–Kier alpha value is -0.420. The summed E-state index contributed by atoms with van der Waals surface area (Å²) in [5.74, 6) is 0. The van der Waals surface area contributed by atoms with Crippen LogP contribution in [0.5, 0.6) is 0 Å². The van der Waals surface area contributed by atoms with Crippen LogP contribution in [0.3, 0.4) is 0 Å². The zero-order chi connectivity index (χ0) is 14.2. The summed E-state index contributed by atoms with van der Waals surface area (Å²) in [6.45, 7) is 15.3. The number of rotatable bonds is 3. The van der Waals surface area contributed by atoms with Gasteiger partial charge in [0.05, 0.1) is 0 Å². The van der Waals surface area contributed by atoms with E-state index in [0.29, 0.717) is 5.41 Å². The first-order chi connectivity index (χ1) is 9.52. The van der Waals surface area contributed by atoms with Gasteiger partial charge in [-0.05, 0) is 17.5 Å². The molecule has 0 aliphatic carbocycles. The Labute approximate surface area is 127 Å². The van der Waals surface area contributed by atoms with E-state index in [9.17, 15) is 0 Å². The molecule has 112 valence electrons. The van der Waals surface area contributed by atoms with Crippen molar-refractivity contribution in [3.63, 3.8) is 0 Å². The number of nitrogens with zero attached hydrogens (tertiary/aromatic N) is 2. The van der Waals surface area contributed by atoms with Crippen molar-refractivity contribution in [3.05, 3.63) is 21.9 Å². The molecule has 2 fully saturated rings. The minimum Gasteiger partial charge on any atom is -0.314 e. The third-order valence-electron chi connectivity index (χ3n) is 4.39. The van der Waals surface area contributed by atoms with Crippen molar-refractivity contribution >= 4 is 11.3 Å². The summed E-state index contributed by atoms with van der Waals surface area (Å²) in [7, 11) is 0. The van der Waals surface area contributed by atoms with Gasteiger partial charge in [-0.1, -0.05) is 20.8 Å². The van der Waals surface area contributed by atoms with Gasteiger partial charge >= 0.3 is 0 Å². The van der Waals surface area contributed by atoms with Gasteiger partial charge < -0.3 is 5.32 Å². The van der Waals surface area contributed by atoms with Crippen LogP contribution in [0, 0.1) is 0 Å². The summed E-state index contributed by atoms with van der Waals surface area (Å²) in [6.07, 6.45) is 0. The lowest BCUT2D eigenvalue weighted by Crippen LogP contribution is -2.62. The van der Waals surface area contributed by atoms with Crippen LogP contribution in [-0.2, 0) is 12.0 Å². The minimum atomic E-state index is 0.293. The van der Waals surface area contributed by atoms with E-state index in [0.717, 1.165) is 25.7 Å². The smallest absolute Gasteiger partial charge is 0.0351 e. The van der Waals surface area contributed by atoms with E-state index >= 15 is 0 Å². The zero-order valence-corrected chi connectivity index (χ0v) is 13.8. The summed E-state index contributed by atoms with van der Waals surface area (Å²) in [5, 5.41) is 3.43. The number of hydrogen-bond donors (Lipinski definition) is 1. The Bertz CT molecular complexity index is 437. The molecule has 3 heterocycles. The molecule has 1 N–H and O–H groups in total. The second-order valence-electron chi connectivity index (χ2n) is 7.15. The number of likely N-dealkylation sites (tertiary alicyclic amines) is 1. The maximum atomic E-state index is 3.43. The summed E-state index contributed by atoms with van der Waals surface area (Å²) < 4.78 is 0. The molecule has 2 aliphatic heterocycles. The van der Waals surface area contributed by atoms with Crippen LogP contribution in [0.25, 0.3) is 0 Å². The number of hydrogen-bond acceptors (Lipinski definition) is 4. The quantitative estimate of drug-likeness (QED) is 0.921. The molecule has 0 amide bonds. The van der Waals surface area contributed by atoms with Crippen LogP contribution >= 0.6 is 11.3 Å². The summed E-state index contributed by atoms with van der Waals surface area (Å²) in [4.78, 5) is 8.27. The fraction of sp³-hybridized carbons (Fsp3) is 0.750. The normalized spacial score (nSPS) is 22.9. The molecule has 4 heteroatoms. The van der Waals surface area contributed by atoms with Gasteiger partial charge in [-0.2, -0.15) is 0 Å². The first kappa shape index (κ1) is 14.5. The molecule has 3 nitrogen and oxygen atoms in total. The molecule has 3 rings (SSSR count). The lowest BCUT2D eigenvalue weighted by Gasteiger charge is -2.46. The summed E-state index contributed by atoms with van der Waals surface area (Å²) >= 11 is 1.99. The van der Waals surface area contributed by atoms with Crippen LogP contribution < -0.4 is 5.32 Å². The Balaban J connectivity index is 1.47. The molecule has 0 saturated carbocycles. The highest BCUT2D eigenvalue weighted by Gasteiger charge is 2.32. The largest absolute Gasteiger partial charge is 0.314 e. The van der Waals surface area contributed by atoms with Crippen molar-refractivity contribution in [1.82, 2.24) is 15.1 Å². The number of nitrogens with one attached hydrogen (secondary N) is 1. The molecule has 0 spiro atoms. The van der Waals surface area contributed by atoms with Crippen molar-refractivity contribution in [2.45, 2.75) is 38.8 Å². The highest BCUT2D eigenvalue weighted by atomic mass is 32.1. The van der Waals surface area contributed by atoms with Gasteiger partial charge in [-0.3, -0.25) is 9.80 Å². The summed E-state index contributed by atoms with van der Waals surface area (Å²) in [6, 6.07) is 5.44. The minimum absolute atomic E-state index is 0.293. The van der Waals surface area contributed by atoms with Crippen LogP contribution in [0.2, 0.25) is 0 Å². The molecule has 0 radical (unpaired) electrons. The topological polar surface area (TPSA) is 18.5 Å². The number of piperazine rings is 1. The molecule has 0 unspecified atom stereocenters.